The highest BCUT2D eigenvalue weighted by Gasteiger charge is 2.26. The third-order valence-corrected chi connectivity index (χ3v) is 5.60. The first-order chi connectivity index (χ1) is 14.0. The van der Waals surface area contributed by atoms with E-state index in [1.807, 2.05) is 24.3 Å². The zero-order valence-corrected chi connectivity index (χ0v) is 16.7. The van der Waals surface area contributed by atoms with Gasteiger partial charge in [0, 0.05) is 25.2 Å². The summed E-state index contributed by atoms with van der Waals surface area (Å²) in [4.78, 5) is 40.4. The fourth-order valence-corrected chi connectivity index (χ4v) is 4.05. The monoisotopic (exact) mass is 412 g/mol. The molecule has 0 saturated carbocycles. The molecule has 2 aliphatic rings. The van der Waals surface area contributed by atoms with Crippen LogP contribution in [0, 0.1) is 0 Å². The number of hydrogen-bond donors (Lipinski definition) is 0. The van der Waals surface area contributed by atoms with Crippen molar-refractivity contribution in [1.29, 1.82) is 0 Å². The fraction of sp³-hybridized carbons (Fsp3) is 0.318. The fourth-order valence-electron chi connectivity index (χ4n) is 3.83. The molecule has 2 heterocycles. The second-order valence-electron chi connectivity index (χ2n) is 7.17. The predicted octanol–water partition coefficient (Wildman–Crippen LogP) is 3.60. The molecular formula is C22H21ClN2O4. The average Bonchev–Trinajstić information content (AvgIpc) is 3.17. The Balaban J connectivity index is 1.44. The molecule has 6 nitrogen and oxygen atoms in total. The second-order valence-corrected chi connectivity index (χ2v) is 7.58. The van der Waals surface area contributed by atoms with Crippen LogP contribution in [-0.4, -0.2) is 37.5 Å². The standard InChI is InChI=1S/C22H21ClN2O4/c23-17-10-9-16(13-19(17)25-12-4-8-20(25)26)22(28)29-14-21(27)24-11-3-6-15-5-1-2-7-18(15)24/h1-2,5,7,9-10,13H,3-4,6,8,11-12,14H2. The number of carbonyl (C=O) groups excluding carboxylic acids is 3. The summed E-state index contributed by atoms with van der Waals surface area (Å²) in [6, 6.07) is 12.4. The number of benzene rings is 2. The molecule has 0 radical (unpaired) electrons. The predicted molar refractivity (Wildman–Crippen MR) is 110 cm³/mol. The number of nitrogens with zero attached hydrogens (tertiary/aromatic N) is 2. The molecule has 4 rings (SSSR count). The van der Waals surface area contributed by atoms with Crippen LogP contribution in [0.1, 0.15) is 35.2 Å². The zero-order valence-electron chi connectivity index (χ0n) is 15.9. The molecule has 0 bridgehead atoms. The van der Waals surface area contributed by atoms with Crippen LogP contribution >= 0.6 is 11.6 Å². The first-order valence-corrected chi connectivity index (χ1v) is 10.1. The highest BCUT2D eigenvalue weighted by molar-refractivity contribution is 6.34. The van der Waals surface area contributed by atoms with Crippen molar-refractivity contribution in [2.75, 3.05) is 29.5 Å². The van der Waals surface area contributed by atoms with Crippen molar-refractivity contribution in [2.24, 2.45) is 0 Å². The number of fused-ring (bicyclic) bond motifs is 1. The van der Waals surface area contributed by atoms with Gasteiger partial charge >= 0.3 is 5.97 Å². The maximum absolute atomic E-state index is 12.6. The van der Waals surface area contributed by atoms with Gasteiger partial charge in [0.25, 0.3) is 5.91 Å². The van der Waals surface area contributed by atoms with E-state index in [1.54, 1.807) is 21.9 Å². The average molecular weight is 413 g/mol. The molecule has 29 heavy (non-hydrogen) atoms. The van der Waals surface area contributed by atoms with E-state index in [9.17, 15) is 14.4 Å². The Morgan fingerprint density at radius 1 is 1.00 bits per heavy atom. The van der Waals surface area contributed by atoms with E-state index in [1.165, 1.54) is 6.07 Å². The number of para-hydroxylation sites is 1. The number of aryl methyl sites for hydroxylation is 1. The number of ether oxygens (including phenoxy) is 1. The summed E-state index contributed by atoms with van der Waals surface area (Å²) in [6.07, 6.45) is 3.04. The van der Waals surface area contributed by atoms with Crippen LogP contribution in [0.5, 0.6) is 0 Å². The summed E-state index contributed by atoms with van der Waals surface area (Å²) >= 11 is 6.22. The molecule has 0 N–H and O–H groups in total. The van der Waals surface area contributed by atoms with Crippen LogP contribution in [0.15, 0.2) is 42.5 Å². The van der Waals surface area contributed by atoms with Crippen LogP contribution in [-0.2, 0) is 20.7 Å². The number of rotatable bonds is 4. The third kappa shape index (κ3) is 3.98. The Hall–Kier alpha value is -2.86. The van der Waals surface area contributed by atoms with Crippen LogP contribution in [0.3, 0.4) is 0 Å². The second kappa shape index (κ2) is 8.25. The quantitative estimate of drug-likeness (QED) is 0.719. The Kier molecular flexibility index (Phi) is 5.53. The molecule has 2 aliphatic heterocycles. The zero-order chi connectivity index (χ0) is 20.4. The van der Waals surface area contributed by atoms with Gasteiger partial charge in [-0.25, -0.2) is 4.79 Å². The molecule has 2 amide bonds. The molecule has 150 valence electrons. The molecule has 7 heteroatoms. The Morgan fingerprint density at radius 2 is 1.79 bits per heavy atom. The minimum absolute atomic E-state index is 0.0173. The van der Waals surface area contributed by atoms with Crippen LogP contribution in [0.2, 0.25) is 5.02 Å². The number of amides is 2. The lowest BCUT2D eigenvalue weighted by atomic mass is 10.0. The van der Waals surface area contributed by atoms with Crippen LogP contribution < -0.4 is 9.80 Å². The number of carbonyl (C=O) groups is 3. The lowest BCUT2D eigenvalue weighted by Gasteiger charge is -2.29. The molecule has 2 aromatic rings. The van der Waals surface area contributed by atoms with Crippen molar-refractivity contribution in [3.8, 4) is 0 Å². The van der Waals surface area contributed by atoms with Gasteiger partial charge in [-0.2, -0.15) is 0 Å². The van der Waals surface area contributed by atoms with Gasteiger partial charge in [-0.05, 0) is 49.1 Å². The summed E-state index contributed by atoms with van der Waals surface area (Å²) < 4.78 is 5.27. The van der Waals surface area contributed by atoms with Gasteiger partial charge in [0.05, 0.1) is 16.3 Å². The summed E-state index contributed by atoms with van der Waals surface area (Å²) in [5.74, 6) is -0.890. The number of halogens is 1. The van der Waals surface area contributed by atoms with E-state index >= 15 is 0 Å². The molecular weight excluding hydrogens is 392 g/mol. The summed E-state index contributed by atoms with van der Waals surface area (Å²) in [5.41, 5.74) is 2.76. The highest BCUT2D eigenvalue weighted by atomic mass is 35.5. The molecule has 1 saturated heterocycles. The Bertz CT molecular complexity index is 975. The molecule has 2 aromatic carbocycles. The van der Waals surface area contributed by atoms with E-state index in [0.29, 0.717) is 30.2 Å². The molecule has 0 spiro atoms. The summed E-state index contributed by atoms with van der Waals surface area (Å²) in [6.45, 7) is 0.841. The van der Waals surface area contributed by atoms with Gasteiger partial charge in [-0.15, -0.1) is 0 Å². The third-order valence-electron chi connectivity index (χ3n) is 5.28. The van der Waals surface area contributed by atoms with Crippen LogP contribution in [0.25, 0.3) is 0 Å². The van der Waals surface area contributed by atoms with E-state index < -0.39 is 5.97 Å². The highest BCUT2D eigenvalue weighted by Crippen LogP contribution is 2.31. The van der Waals surface area contributed by atoms with Crippen molar-refractivity contribution < 1.29 is 19.1 Å². The first kappa shape index (κ1) is 19.5. The van der Waals surface area contributed by atoms with Gasteiger partial charge in [-0.3, -0.25) is 9.59 Å². The maximum atomic E-state index is 12.6. The largest absolute Gasteiger partial charge is 0.452 e. The summed E-state index contributed by atoms with van der Waals surface area (Å²) in [5, 5.41) is 0.401. The SMILES string of the molecule is O=C(OCC(=O)N1CCCc2ccccc21)c1ccc(Cl)c(N2CCCC2=O)c1. The van der Waals surface area contributed by atoms with Gasteiger partial charge in [-0.1, -0.05) is 29.8 Å². The normalized spacial score (nSPS) is 16.0. The van der Waals surface area contributed by atoms with Gasteiger partial charge in [0.2, 0.25) is 5.91 Å². The summed E-state index contributed by atoms with van der Waals surface area (Å²) in [7, 11) is 0. The number of hydrogen-bond acceptors (Lipinski definition) is 4. The van der Waals surface area contributed by atoms with E-state index in [0.717, 1.165) is 30.5 Å². The van der Waals surface area contributed by atoms with Crippen molar-refractivity contribution in [3.05, 3.63) is 58.6 Å². The Morgan fingerprint density at radius 3 is 2.59 bits per heavy atom. The van der Waals surface area contributed by atoms with Crippen molar-refractivity contribution >= 4 is 40.8 Å². The smallest absolute Gasteiger partial charge is 0.338 e. The molecule has 0 unspecified atom stereocenters. The lowest BCUT2D eigenvalue weighted by molar-refractivity contribution is -0.121. The topological polar surface area (TPSA) is 66.9 Å². The molecule has 1 fully saturated rings. The first-order valence-electron chi connectivity index (χ1n) is 9.70. The van der Waals surface area contributed by atoms with E-state index in [2.05, 4.69) is 0 Å². The minimum Gasteiger partial charge on any atom is -0.452 e. The van der Waals surface area contributed by atoms with Crippen molar-refractivity contribution in [3.63, 3.8) is 0 Å². The Labute approximate surface area is 174 Å². The number of esters is 1. The molecule has 0 aliphatic carbocycles. The van der Waals surface area contributed by atoms with Gasteiger partial charge < -0.3 is 14.5 Å². The number of anilines is 2. The van der Waals surface area contributed by atoms with Gasteiger partial charge in [0.15, 0.2) is 6.61 Å². The van der Waals surface area contributed by atoms with Crippen LogP contribution in [0.4, 0.5) is 11.4 Å². The van der Waals surface area contributed by atoms with Crippen molar-refractivity contribution in [1.82, 2.24) is 0 Å². The van der Waals surface area contributed by atoms with E-state index in [-0.39, 0.29) is 24.0 Å². The molecule has 0 atom stereocenters. The maximum Gasteiger partial charge on any atom is 0.338 e. The minimum atomic E-state index is -0.617. The lowest BCUT2D eigenvalue weighted by Crippen LogP contribution is -2.38. The van der Waals surface area contributed by atoms with Gasteiger partial charge in [0.1, 0.15) is 0 Å². The van der Waals surface area contributed by atoms with E-state index in [4.69, 9.17) is 16.3 Å². The molecule has 0 aromatic heterocycles. The van der Waals surface area contributed by atoms with Crippen molar-refractivity contribution in [2.45, 2.75) is 25.7 Å².